The number of aryl methyl sites for hydroxylation is 1. The number of H-pyrrole nitrogens is 2. The number of nitrogens with zero attached hydrogens (tertiary/aromatic N) is 3. The van der Waals surface area contributed by atoms with Crippen LogP contribution < -0.4 is 16.1 Å². The van der Waals surface area contributed by atoms with E-state index in [4.69, 9.17) is 0 Å². The van der Waals surface area contributed by atoms with Crippen LogP contribution in [0.2, 0.25) is 0 Å². The molecule has 0 unspecified atom stereocenters. The molecule has 1 atom stereocenters. The Morgan fingerprint density at radius 2 is 2.19 bits per heavy atom. The summed E-state index contributed by atoms with van der Waals surface area (Å²) in [4.78, 5) is 29.3. The molecule has 0 spiro atoms. The predicted molar refractivity (Wildman–Crippen MR) is 75.2 cm³/mol. The Hall–Kier alpha value is -2.51. The molecule has 0 bridgehead atoms. The van der Waals surface area contributed by atoms with Crippen molar-refractivity contribution in [2.24, 2.45) is 0 Å². The molecule has 2 N–H and O–H groups in total. The van der Waals surface area contributed by atoms with Gasteiger partial charge in [-0.05, 0) is 19.4 Å². The molecule has 1 saturated heterocycles. The smallest absolute Gasteiger partial charge is 0.325 e. The number of nitrogens with one attached hydrogen (secondary N) is 2. The molecule has 1 aliphatic rings. The molecule has 2 aromatic rings. The Labute approximate surface area is 118 Å². The van der Waals surface area contributed by atoms with Crippen molar-refractivity contribution < 1.29 is 4.39 Å². The van der Waals surface area contributed by atoms with E-state index in [2.05, 4.69) is 20.2 Å². The van der Waals surface area contributed by atoms with Gasteiger partial charge in [0.05, 0.1) is 16.9 Å². The average Bonchev–Trinajstić information content (AvgIpc) is 2.86. The minimum absolute atomic E-state index is 0.222. The first kappa shape index (κ1) is 13.5. The fraction of sp³-hybridized carbons (Fsp3) is 0.385. The van der Waals surface area contributed by atoms with Crippen molar-refractivity contribution in [1.82, 2.24) is 20.2 Å². The summed E-state index contributed by atoms with van der Waals surface area (Å²) in [6.45, 7) is 2.71. The molecule has 3 rings (SSSR count). The van der Waals surface area contributed by atoms with Crippen molar-refractivity contribution in [2.75, 3.05) is 18.0 Å². The van der Waals surface area contributed by atoms with Gasteiger partial charge >= 0.3 is 5.69 Å². The maximum atomic E-state index is 13.4. The van der Waals surface area contributed by atoms with Crippen LogP contribution in [0.3, 0.4) is 0 Å². The van der Waals surface area contributed by atoms with Gasteiger partial charge in [-0.25, -0.2) is 9.18 Å². The van der Waals surface area contributed by atoms with Gasteiger partial charge in [-0.2, -0.15) is 5.10 Å². The van der Waals surface area contributed by atoms with Gasteiger partial charge in [-0.3, -0.25) is 9.78 Å². The molecule has 3 heterocycles. The fourth-order valence-electron chi connectivity index (χ4n) is 2.43. The van der Waals surface area contributed by atoms with Crippen molar-refractivity contribution in [3.05, 3.63) is 38.8 Å². The second kappa shape index (κ2) is 5.12. The maximum Gasteiger partial charge on any atom is 0.325 e. The summed E-state index contributed by atoms with van der Waals surface area (Å²) in [7, 11) is 0. The van der Waals surface area contributed by atoms with E-state index in [0.717, 1.165) is 5.69 Å². The van der Waals surface area contributed by atoms with E-state index in [1.165, 1.54) is 6.20 Å². The Morgan fingerprint density at radius 3 is 2.86 bits per heavy atom. The standard InChI is InChI=1S/C13H14FN5O2/c1-7-11(19-3-2-8(14)6-19)4-10(18-17-7)9-5-15-13(21)16-12(9)20/h4-5,8H,2-3,6H2,1H3,(H2,15,16,20,21)/t8-/m0/s1. The second-order valence-electron chi connectivity index (χ2n) is 5.02. The number of aromatic nitrogens is 4. The zero-order valence-corrected chi connectivity index (χ0v) is 11.4. The van der Waals surface area contributed by atoms with E-state index in [0.29, 0.717) is 30.9 Å². The Morgan fingerprint density at radius 1 is 1.38 bits per heavy atom. The molecule has 7 nitrogen and oxygen atoms in total. The summed E-state index contributed by atoms with van der Waals surface area (Å²) < 4.78 is 13.4. The van der Waals surface area contributed by atoms with Crippen molar-refractivity contribution in [1.29, 1.82) is 0 Å². The summed E-state index contributed by atoms with van der Waals surface area (Å²) in [6.07, 6.45) is 0.931. The lowest BCUT2D eigenvalue weighted by molar-refractivity contribution is 0.364. The number of hydrogen-bond donors (Lipinski definition) is 2. The minimum atomic E-state index is -0.850. The SMILES string of the molecule is Cc1nnc(-c2c[nH]c(=O)[nH]c2=O)cc1N1CC[C@H](F)C1. The largest absolute Gasteiger partial charge is 0.367 e. The van der Waals surface area contributed by atoms with Gasteiger partial charge in [-0.15, -0.1) is 5.10 Å². The maximum absolute atomic E-state index is 13.4. The molecule has 110 valence electrons. The van der Waals surface area contributed by atoms with Gasteiger partial charge in [0.1, 0.15) is 11.9 Å². The van der Waals surface area contributed by atoms with Crippen LogP contribution in [-0.2, 0) is 0 Å². The van der Waals surface area contributed by atoms with Crippen LogP contribution in [-0.4, -0.2) is 39.4 Å². The lowest BCUT2D eigenvalue weighted by Gasteiger charge is -2.19. The Bertz CT molecular complexity index is 785. The molecule has 8 heteroatoms. The van der Waals surface area contributed by atoms with Crippen LogP contribution in [0.4, 0.5) is 10.1 Å². The van der Waals surface area contributed by atoms with Crippen LogP contribution in [0.25, 0.3) is 11.3 Å². The van der Waals surface area contributed by atoms with E-state index in [1.807, 2.05) is 4.90 Å². The predicted octanol–water partition coefficient (Wildman–Crippen LogP) is 0.377. The van der Waals surface area contributed by atoms with Crippen molar-refractivity contribution in [3.63, 3.8) is 0 Å². The third-order valence-corrected chi connectivity index (χ3v) is 3.52. The van der Waals surface area contributed by atoms with Gasteiger partial charge in [0, 0.05) is 19.3 Å². The molecule has 21 heavy (non-hydrogen) atoms. The quantitative estimate of drug-likeness (QED) is 0.834. The average molecular weight is 291 g/mol. The fourth-order valence-corrected chi connectivity index (χ4v) is 2.43. The van der Waals surface area contributed by atoms with E-state index >= 15 is 0 Å². The van der Waals surface area contributed by atoms with Crippen molar-refractivity contribution in [3.8, 4) is 11.3 Å². The number of hydrogen-bond acceptors (Lipinski definition) is 5. The molecular weight excluding hydrogens is 277 g/mol. The third kappa shape index (κ3) is 2.56. The first-order chi connectivity index (χ1) is 10.0. The van der Waals surface area contributed by atoms with Crippen LogP contribution in [0.1, 0.15) is 12.1 Å². The Kier molecular flexibility index (Phi) is 3.28. The van der Waals surface area contributed by atoms with E-state index in [-0.39, 0.29) is 5.56 Å². The van der Waals surface area contributed by atoms with Crippen LogP contribution in [0, 0.1) is 6.92 Å². The number of rotatable bonds is 2. The van der Waals surface area contributed by atoms with Gasteiger partial charge in [0.2, 0.25) is 0 Å². The monoisotopic (exact) mass is 291 g/mol. The second-order valence-corrected chi connectivity index (χ2v) is 5.02. The summed E-state index contributed by atoms with van der Waals surface area (Å²) in [6, 6.07) is 1.70. The molecule has 0 aromatic carbocycles. The van der Waals surface area contributed by atoms with E-state index in [9.17, 15) is 14.0 Å². The van der Waals surface area contributed by atoms with Gasteiger partial charge in [0.15, 0.2) is 0 Å². The molecule has 0 amide bonds. The molecule has 2 aromatic heterocycles. The lowest BCUT2D eigenvalue weighted by atomic mass is 10.2. The summed E-state index contributed by atoms with van der Waals surface area (Å²) in [5, 5.41) is 8.01. The molecule has 0 aliphatic carbocycles. The normalized spacial score (nSPS) is 18.2. The minimum Gasteiger partial charge on any atom is -0.367 e. The molecule has 1 aliphatic heterocycles. The number of alkyl halides is 1. The number of aromatic amines is 2. The molecular formula is C13H14FN5O2. The third-order valence-electron chi connectivity index (χ3n) is 3.52. The molecule has 0 radical (unpaired) electrons. The van der Waals surface area contributed by atoms with Crippen molar-refractivity contribution in [2.45, 2.75) is 19.5 Å². The van der Waals surface area contributed by atoms with Crippen LogP contribution in [0.15, 0.2) is 21.9 Å². The van der Waals surface area contributed by atoms with Gasteiger partial charge in [-0.1, -0.05) is 0 Å². The highest BCUT2D eigenvalue weighted by atomic mass is 19.1. The first-order valence-corrected chi connectivity index (χ1v) is 6.60. The topological polar surface area (TPSA) is 94.7 Å². The van der Waals surface area contributed by atoms with Crippen LogP contribution in [0.5, 0.6) is 0 Å². The van der Waals surface area contributed by atoms with Gasteiger partial charge < -0.3 is 9.88 Å². The molecule has 1 fully saturated rings. The highest BCUT2D eigenvalue weighted by molar-refractivity contribution is 5.64. The molecule has 0 saturated carbocycles. The van der Waals surface area contributed by atoms with Gasteiger partial charge in [0.25, 0.3) is 5.56 Å². The highest BCUT2D eigenvalue weighted by Gasteiger charge is 2.24. The summed E-state index contributed by atoms with van der Waals surface area (Å²) in [5.74, 6) is 0. The summed E-state index contributed by atoms with van der Waals surface area (Å²) in [5.41, 5.74) is 0.880. The first-order valence-electron chi connectivity index (χ1n) is 6.60. The van der Waals surface area contributed by atoms with Crippen LogP contribution >= 0.6 is 0 Å². The lowest BCUT2D eigenvalue weighted by Crippen LogP contribution is -2.24. The Balaban J connectivity index is 2.05. The zero-order valence-electron chi connectivity index (χ0n) is 11.4. The zero-order chi connectivity index (χ0) is 15.0. The number of anilines is 1. The number of halogens is 1. The van der Waals surface area contributed by atoms with Crippen molar-refractivity contribution >= 4 is 5.69 Å². The van der Waals surface area contributed by atoms with E-state index in [1.54, 1.807) is 13.0 Å². The highest BCUT2D eigenvalue weighted by Crippen LogP contribution is 2.26. The van der Waals surface area contributed by atoms with E-state index < -0.39 is 17.4 Å². The summed E-state index contributed by atoms with van der Waals surface area (Å²) >= 11 is 0.